The van der Waals surface area contributed by atoms with Crippen molar-refractivity contribution < 1.29 is 5.11 Å². The largest absolute Gasteiger partial charge is 0.384 e. The van der Waals surface area contributed by atoms with Crippen LogP contribution in [0, 0.1) is 11.5 Å². The first kappa shape index (κ1) is 19.5. The van der Waals surface area contributed by atoms with Crippen molar-refractivity contribution >= 4 is 30.9 Å². The Morgan fingerprint density at radius 3 is 2.46 bits per heavy atom. The van der Waals surface area contributed by atoms with Gasteiger partial charge in [-0.3, -0.25) is 0 Å². The highest BCUT2D eigenvalue weighted by Gasteiger charge is 2.33. The Bertz CT molecular complexity index is 875. The fourth-order valence-electron chi connectivity index (χ4n) is 3.66. The molecule has 1 fully saturated rings. The zero-order valence-electron chi connectivity index (χ0n) is 16.7. The summed E-state index contributed by atoms with van der Waals surface area (Å²) in [5.74, 6) is 3.43. The quantitative estimate of drug-likeness (QED) is 0.358. The Morgan fingerprint density at radius 2 is 1.92 bits per heavy atom. The molecule has 2 aromatic rings. The smallest absolute Gasteiger partial charge is 0.189 e. The van der Waals surface area contributed by atoms with Crippen LogP contribution in [0.2, 0.25) is 19.6 Å². The lowest BCUT2D eigenvalue weighted by Crippen LogP contribution is -2.24. The van der Waals surface area contributed by atoms with Gasteiger partial charge >= 0.3 is 0 Å². The van der Waals surface area contributed by atoms with Crippen molar-refractivity contribution in [1.29, 1.82) is 0 Å². The van der Waals surface area contributed by atoms with Crippen molar-refractivity contribution in [1.82, 2.24) is 14.5 Å². The number of fused-ring (bicyclic) bond motifs is 1. The van der Waals surface area contributed by atoms with Crippen LogP contribution in [-0.4, -0.2) is 34.0 Å². The second-order valence-corrected chi connectivity index (χ2v) is 14.2. The molecule has 0 atom stereocenters. The van der Waals surface area contributed by atoms with Crippen LogP contribution in [0.4, 0.5) is 0 Å². The summed E-state index contributed by atoms with van der Waals surface area (Å²) in [5, 5.41) is 12.8. The molecule has 0 amide bonds. The lowest BCUT2D eigenvalue weighted by molar-refractivity contribution is 0.0682. The first-order valence-electron chi connectivity index (χ1n) is 9.33. The molecule has 0 radical (unpaired) electrons. The minimum atomic E-state index is -1.55. The van der Waals surface area contributed by atoms with Gasteiger partial charge < -0.3 is 9.67 Å². The first-order chi connectivity index (χ1) is 12.1. The van der Waals surface area contributed by atoms with Crippen molar-refractivity contribution in [3.63, 3.8) is 0 Å². The van der Waals surface area contributed by atoms with Gasteiger partial charge in [-0.05, 0) is 32.9 Å². The van der Waals surface area contributed by atoms with E-state index in [9.17, 15) is 5.11 Å². The number of aliphatic hydroxyl groups is 1. The third kappa shape index (κ3) is 3.85. The molecule has 0 unspecified atom stereocenters. The standard InChI is InChI=1S/C20H29N3OSSi/c1-20(2,24)17-15(11-12-26(4,5)6)16-13-21-19(25-3)22-18(16)23(17)14-9-7-8-10-14/h13-14,24H,7-10H2,1-6H3. The summed E-state index contributed by atoms with van der Waals surface area (Å²) in [6, 6.07) is 0.381. The highest BCUT2D eigenvalue weighted by atomic mass is 32.2. The van der Waals surface area contributed by atoms with Crippen molar-refractivity contribution in [2.75, 3.05) is 6.26 Å². The molecule has 0 spiro atoms. The van der Waals surface area contributed by atoms with Gasteiger partial charge in [-0.15, -0.1) is 5.54 Å². The van der Waals surface area contributed by atoms with Crippen LogP contribution in [0.5, 0.6) is 0 Å². The van der Waals surface area contributed by atoms with E-state index in [0.29, 0.717) is 6.04 Å². The molecule has 1 N–H and O–H groups in total. The first-order valence-corrected chi connectivity index (χ1v) is 14.1. The van der Waals surface area contributed by atoms with Crippen LogP contribution in [0.25, 0.3) is 11.0 Å². The minimum Gasteiger partial charge on any atom is -0.384 e. The van der Waals surface area contributed by atoms with Gasteiger partial charge in [0.2, 0.25) is 0 Å². The highest BCUT2D eigenvalue weighted by molar-refractivity contribution is 7.98. The Kier molecular flexibility index (Phi) is 5.26. The zero-order valence-corrected chi connectivity index (χ0v) is 18.5. The molecule has 0 saturated heterocycles. The number of hydrogen-bond acceptors (Lipinski definition) is 4. The number of hydrogen-bond donors (Lipinski definition) is 1. The third-order valence-electron chi connectivity index (χ3n) is 4.74. The Hall–Kier alpha value is -1.29. The molecule has 1 aliphatic rings. The van der Waals surface area contributed by atoms with Crippen LogP contribution in [-0.2, 0) is 5.60 Å². The third-order valence-corrected chi connectivity index (χ3v) is 6.17. The summed E-state index contributed by atoms with van der Waals surface area (Å²) in [4.78, 5) is 9.32. The van der Waals surface area contributed by atoms with Gasteiger partial charge in [-0.25, -0.2) is 9.97 Å². The second-order valence-electron chi connectivity index (χ2n) is 8.68. The van der Waals surface area contributed by atoms with E-state index in [1.165, 1.54) is 12.8 Å². The van der Waals surface area contributed by atoms with Gasteiger partial charge in [-0.2, -0.15) is 0 Å². The molecular weight excluding hydrogens is 358 g/mol. The van der Waals surface area contributed by atoms with Crippen molar-refractivity contribution in [2.24, 2.45) is 0 Å². The second kappa shape index (κ2) is 7.03. The summed E-state index contributed by atoms with van der Waals surface area (Å²) < 4.78 is 2.28. The molecule has 140 valence electrons. The molecule has 2 heterocycles. The fraction of sp³-hybridized carbons (Fsp3) is 0.600. The Morgan fingerprint density at radius 1 is 1.27 bits per heavy atom. The molecule has 26 heavy (non-hydrogen) atoms. The van der Waals surface area contributed by atoms with E-state index < -0.39 is 13.7 Å². The van der Waals surface area contributed by atoms with E-state index in [4.69, 9.17) is 4.98 Å². The van der Waals surface area contributed by atoms with E-state index in [2.05, 4.69) is 40.7 Å². The van der Waals surface area contributed by atoms with E-state index in [0.717, 1.165) is 40.3 Å². The summed E-state index contributed by atoms with van der Waals surface area (Å²) in [7, 11) is -1.55. The maximum Gasteiger partial charge on any atom is 0.189 e. The van der Waals surface area contributed by atoms with Crippen molar-refractivity contribution in [3.8, 4) is 11.5 Å². The van der Waals surface area contributed by atoms with Gasteiger partial charge in [0.1, 0.15) is 19.3 Å². The molecule has 3 rings (SSSR count). The maximum absolute atomic E-state index is 11.0. The predicted molar refractivity (Wildman–Crippen MR) is 112 cm³/mol. The summed E-state index contributed by atoms with van der Waals surface area (Å²) in [6.45, 7) is 10.4. The van der Waals surface area contributed by atoms with E-state index in [1.807, 2.05) is 26.3 Å². The predicted octanol–water partition coefficient (Wildman–Crippen LogP) is 4.72. The normalized spacial score (nSPS) is 16.1. The number of nitrogens with zero attached hydrogens (tertiary/aromatic N) is 3. The van der Waals surface area contributed by atoms with E-state index >= 15 is 0 Å². The SMILES string of the molecule is CSc1ncc2c(C#C[Si](C)(C)C)c(C(C)(C)O)n(C3CCCC3)c2n1. The maximum atomic E-state index is 11.0. The van der Waals surface area contributed by atoms with Crippen LogP contribution in [0.1, 0.15) is 56.8 Å². The van der Waals surface area contributed by atoms with Gasteiger partial charge in [0, 0.05) is 12.2 Å². The number of aromatic nitrogens is 3. The molecule has 1 saturated carbocycles. The molecule has 1 aliphatic carbocycles. The summed E-state index contributed by atoms with van der Waals surface area (Å²) in [6.07, 6.45) is 8.60. The van der Waals surface area contributed by atoms with Gasteiger partial charge in [0.25, 0.3) is 0 Å². The Labute approximate surface area is 161 Å². The number of thioether (sulfide) groups is 1. The van der Waals surface area contributed by atoms with Crippen LogP contribution in [0.15, 0.2) is 11.4 Å². The average molecular weight is 388 g/mol. The monoisotopic (exact) mass is 387 g/mol. The highest BCUT2D eigenvalue weighted by Crippen LogP contribution is 2.40. The van der Waals surface area contributed by atoms with Crippen LogP contribution >= 0.6 is 11.8 Å². The lowest BCUT2D eigenvalue weighted by Gasteiger charge is -2.25. The molecular formula is C20H29N3OSSi. The molecule has 0 aliphatic heterocycles. The van der Waals surface area contributed by atoms with Crippen LogP contribution < -0.4 is 0 Å². The van der Waals surface area contributed by atoms with E-state index in [-0.39, 0.29) is 0 Å². The molecule has 4 nitrogen and oxygen atoms in total. The van der Waals surface area contributed by atoms with Crippen molar-refractivity contribution in [3.05, 3.63) is 17.5 Å². The zero-order chi connectivity index (χ0) is 19.1. The molecule has 2 aromatic heterocycles. The average Bonchev–Trinajstić information content (AvgIpc) is 3.16. The topological polar surface area (TPSA) is 50.9 Å². The van der Waals surface area contributed by atoms with Gasteiger partial charge in [0.05, 0.1) is 16.6 Å². The van der Waals surface area contributed by atoms with E-state index in [1.54, 1.807) is 11.8 Å². The Balaban J connectivity index is 2.38. The van der Waals surface area contributed by atoms with Crippen molar-refractivity contribution in [2.45, 2.75) is 76.0 Å². The van der Waals surface area contributed by atoms with Gasteiger partial charge in [-0.1, -0.05) is 50.2 Å². The summed E-state index contributed by atoms with van der Waals surface area (Å²) >= 11 is 1.55. The fourth-order valence-corrected chi connectivity index (χ4v) is 4.50. The lowest BCUT2D eigenvalue weighted by atomic mass is 9.99. The number of rotatable bonds is 3. The van der Waals surface area contributed by atoms with Crippen LogP contribution in [0.3, 0.4) is 0 Å². The molecule has 6 heteroatoms. The minimum absolute atomic E-state index is 0.381. The van der Waals surface area contributed by atoms with Gasteiger partial charge in [0.15, 0.2) is 5.16 Å². The summed E-state index contributed by atoms with van der Waals surface area (Å²) in [5.41, 5.74) is 5.24. The molecule has 0 bridgehead atoms. The molecule has 0 aromatic carbocycles.